The molecule has 2 aromatic carbocycles. The highest BCUT2D eigenvalue weighted by atomic mass is 16.7. The van der Waals surface area contributed by atoms with Gasteiger partial charge in [-0.15, -0.1) is 0 Å². The number of amides is 1. The van der Waals surface area contributed by atoms with E-state index in [9.17, 15) is 19.8 Å². The number of piperidine rings is 1. The molecule has 0 radical (unpaired) electrons. The first kappa shape index (κ1) is 29.0. The van der Waals surface area contributed by atoms with Gasteiger partial charge < -0.3 is 33.9 Å². The molecule has 0 unspecified atom stereocenters. The summed E-state index contributed by atoms with van der Waals surface area (Å²) < 4.78 is 28.7. The molecule has 1 spiro atoms. The van der Waals surface area contributed by atoms with Crippen LogP contribution in [0.15, 0.2) is 60.7 Å². The Kier molecular flexibility index (Phi) is 10.3. The molecule has 39 heavy (non-hydrogen) atoms. The summed E-state index contributed by atoms with van der Waals surface area (Å²) in [5.74, 6) is -2.10. The molecule has 0 bridgehead atoms. The number of likely N-dealkylation sites (tertiary alicyclic amines) is 1. The Morgan fingerprint density at radius 2 is 1.56 bits per heavy atom. The summed E-state index contributed by atoms with van der Waals surface area (Å²) in [6.45, 7) is 2.92. The van der Waals surface area contributed by atoms with Crippen LogP contribution in [-0.2, 0) is 41.7 Å². The zero-order valence-corrected chi connectivity index (χ0v) is 22.1. The van der Waals surface area contributed by atoms with Crippen molar-refractivity contribution in [1.82, 2.24) is 4.90 Å². The number of hydrogen-bond acceptors (Lipinski definition) is 9. The van der Waals surface area contributed by atoms with Gasteiger partial charge in [-0.2, -0.15) is 0 Å². The number of carbonyl (C=O) groups excluding carboxylic acids is 2. The summed E-state index contributed by atoms with van der Waals surface area (Å²) >= 11 is 0. The van der Waals surface area contributed by atoms with E-state index in [-0.39, 0.29) is 32.7 Å². The lowest BCUT2D eigenvalue weighted by Crippen LogP contribution is -2.66. The van der Waals surface area contributed by atoms with E-state index in [4.69, 9.17) is 23.7 Å². The first-order valence-corrected chi connectivity index (χ1v) is 13.3. The number of benzene rings is 2. The molecule has 2 aromatic rings. The van der Waals surface area contributed by atoms with Crippen LogP contribution in [0.2, 0.25) is 0 Å². The fourth-order valence-corrected chi connectivity index (χ4v) is 5.05. The van der Waals surface area contributed by atoms with Gasteiger partial charge in [0.25, 0.3) is 0 Å². The summed E-state index contributed by atoms with van der Waals surface area (Å²) in [6, 6.07) is 17.1. The molecule has 2 aliphatic rings. The van der Waals surface area contributed by atoms with Crippen molar-refractivity contribution in [3.8, 4) is 0 Å². The van der Waals surface area contributed by atoms with E-state index in [1.54, 1.807) is 6.92 Å². The number of ether oxygens (including phenoxy) is 5. The normalized spacial score (nSPS) is 22.2. The van der Waals surface area contributed by atoms with E-state index in [1.165, 1.54) is 4.90 Å². The quantitative estimate of drug-likeness (QED) is 0.435. The third-order valence-corrected chi connectivity index (χ3v) is 6.92. The minimum atomic E-state index is -1.89. The number of rotatable bonds is 10. The van der Waals surface area contributed by atoms with E-state index in [2.05, 4.69) is 0 Å². The lowest BCUT2D eigenvalue weighted by atomic mass is 9.85. The van der Waals surface area contributed by atoms with Crippen LogP contribution in [0.4, 0.5) is 4.79 Å². The van der Waals surface area contributed by atoms with Gasteiger partial charge in [0.15, 0.2) is 11.9 Å². The molecule has 2 heterocycles. The Balaban J connectivity index is 1.59. The molecule has 2 aliphatic heterocycles. The predicted octanol–water partition coefficient (Wildman–Crippen LogP) is 2.79. The lowest BCUT2D eigenvalue weighted by molar-refractivity contribution is -0.302. The van der Waals surface area contributed by atoms with Crippen molar-refractivity contribution in [2.24, 2.45) is 0 Å². The molecule has 2 N–H and O–H groups in total. The van der Waals surface area contributed by atoms with Crippen LogP contribution in [0, 0.1) is 0 Å². The molecule has 2 fully saturated rings. The van der Waals surface area contributed by atoms with Crippen molar-refractivity contribution in [1.29, 1.82) is 0 Å². The maximum absolute atomic E-state index is 13.6. The summed E-state index contributed by atoms with van der Waals surface area (Å²) in [5, 5.41) is 21.9. The first-order valence-electron chi connectivity index (χ1n) is 13.3. The van der Waals surface area contributed by atoms with Gasteiger partial charge in [-0.3, -0.25) is 4.90 Å². The molecule has 10 nitrogen and oxygen atoms in total. The Labute approximate surface area is 228 Å². The van der Waals surface area contributed by atoms with Gasteiger partial charge in [-0.05, 0) is 24.5 Å². The average molecular weight is 544 g/mol. The lowest BCUT2D eigenvalue weighted by Gasteiger charge is -2.52. The molecule has 0 aromatic heterocycles. The first-order chi connectivity index (χ1) is 18.9. The summed E-state index contributed by atoms with van der Waals surface area (Å²) in [5.41, 5.74) is 1.75. The largest absolute Gasteiger partial charge is 0.464 e. The van der Waals surface area contributed by atoms with E-state index >= 15 is 0 Å². The maximum Gasteiger partial charge on any atom is 0.410 e. The number of aliphatic hydroxyl groups excluding tert-OH is 2. The molecular formula is C29H37NO9. The second kappa shape index (κ2) is 13.9. The highest BCUT2D eigenvalue weighted by Crippen LogP contribution is 2.39. The van der Waals surface area contributed by atoms with Crippen molar-refractivity contribution in [3.05, 3.63) is 71.8 Å². The minimum absolute atomic E-state index is 0.00908. The monoisotopic (exact) mass is 543 g/mol. The molecule has 4 atom stereocenters. The predicted molar refractivity (Wildman–Crippen MR) is 139 cm³/mol. The topological polar surface area (TPSA) is 124 Å². The highest BCUT2D eigenvalue weighted by Gasteiger charge is 2.53. The molecule has 212 valence electrons. The van der Waals surface area contributed by atoms with Crippen molar-refractivity contribution in [2.45, 2.75) is 69.5 Å². The van der Waals surface area contributed by atoms with Gasteiger partial charge in [0.2, 0.25) is 0 Å². The third kappa shape index (κ3) is 7.55. The highest BCUT2D eigenvalue weighted by molar-refractivity contribution is 5.75. The number of hydrogen-bond donors (Lipinski definition) is 2. The molecule has 4 rings (SSSR count). The molecule has 0 saturated carbocycles. The SMILES string of the molecule is CCOC(=O)[C@@H](O)[C@H](O)[C@H]1CC2(C[C@@H](COCc3ccccc3)N1C(=O)OCc1ccccc1)OCCCO2. The molecule has 0 aliphatic carbocycles. The van der Waals surface area contributed by atoms with Gasteiger partial charge in [0, 0.05) is 12.8 Å². The fourth-order valence-electron chi connectivity index (χ4n) is 5.05. The van der Waals surface area contributed by atoms with Crippen LogP contribution in [0.5, 0.6) is 0 Å². The second-order valence-corrected chi connectivity index (χ2v) is 9.73. The van der Waals surface area contributed by atoms with Crippen molar-refractivity contribution in [3.63, 3.8) is 0 Å². The van der Waals surface area contributed by atoms with Crippen LogP contribution in [0.25, 0.3) is 0 Å². The van der Waals surface area contributed by atoms with Crippen molar-refractivity contribution < 1.29 is 43.5 Å². The summed E-state index contributed by atoms with van der Waals surface area (Å²) in [7, 11) is 0. The average Bonchev–Trinajstić information content (AvgIpc) is 2.96. The zero-order valence-electron chi connectivity index (χ0n) is 22.1. The Morgan fingerprint density at radius 1 is 0.949 bits per heavy atom. The maximum atomic E-state index is 13.6. The fraction of sp³-hybridized carbons (Fsp3) is 0.517. The van der Waals surface area contributed by atoms with Crippen LogP contribution in [0.1, 0.15) is 37.3 Å². The van der Waals surface area contributed by atoms with E-state index in [1.807, 2.05) is 60.7 Å². The van der Waals surface area contributed by atoms with Gasteiger partial charge in [-0.1, -0.05) is 60.7 Å². The number of esters is 1. The Morgan fingerprint density at radius 3 is 2.18 bits per heavy atom. The van der Waals surface area contributed by atoms with Crippen molar-refractivity contribution in [2.75, 3.05) is 26.4 Å². The van der Waals surface area contributed by atoms with Gasteiger partial charge >= 0.3 is 12.1 Å². The van der Waals surface area contributed by atoms with Crippen LogP contribution in [0.3, 0.4) is 0 Å². The number of aliphatic hydroxyl groups is 2. The molecule has 10 heteroatoms. The van der Waals surface area contributed by atoms with Crippen LogP contribution in [-0.4, -0.2) is 83.7 Å². The van der Waals surface area contributed by atoms with Gasteiger partial charge in [-0.25, -0.2) is 9.59 Å². The summed E-state index contributed by atoms with van der Waals surface area (Å²) in [4.78, 5) is 27.3. The minimum Gasteiger partial charge on any atom is -0.464 e. The standard InChI is InChI=1S/C29H37NO9/c1-2-36-27(33)26(32)25(31)24-17-29(38-14-9-15-39-29)16-23(20-35-18-21-10-5-3-6-11-21)30(24)28(34)37-19-22-12-7-4-8-13-22/h3-8,10-13,23-26,31-32H,2,9,14-20H2,1H3/t23-,24+,25+,26-/m0/s1. The van der Waals surface area contributed by atoms with Gasteiger partial charge in [0.1, 0.15) is 12.7 Å². The van der Waals surface area contributed by atoms with Crippen molar-refractivity contribution >= 4 is 12.1 Å². The number of carbonyl (C=O) groups is 2. The molecule has 1 amide bonds. The smallest absolute Gasteiger partial charge is 0.410 e. The zero-order chi connectivity index (χ0) is 27.7. The van der Waals surface area contributed by atoms with Crippen LogP contribution >= 0.6 is 0 Å². The van der Waals surface area contributed by atoms with E-state index < -0.39 is 42.1 Å². The summed E-state index contributed by atoms with van der Waals surface area (Å²) in [6.07, 6.45) is -3.28. The molecule has 2 saturated heterocycles. The van der Waals surface area contributed by atoms with Crippen LogP contribution < -0.4 is 0 Å². The second-order valence-electron chi connectivity index (χ2n) is 9.73. The Bertz CT molecular complexity index is 1050. The van der Waals surface area contributed by atoms with Gasteiger partial charge in [0.05, 0.1) is 45.1 Å². The van der Waals surface area contributed by atoms with E-state index in [0.29, 0.717) is 26.2 Å². The Hall–Kier alpha value is -3.02. The van der Waals surface area contributed by atoms with E-state index in [0.717, 1.165) is 11.1 Å². The third-order valence-electron chi connectivity index (χ3n) is 6.92. The molecular weight excluding hydrogens is 506 g/mol. The number of nitrogens with zero attached hydrogens (tertiary/aromatic N) is 1.